The highest BCUT2D eigenvalue weighted by molar-refractivity contribution is 5.73. The van der Waals surface area contributed by atoms with Gasteiger partial charge in [-0.25, -0.2) is 15.1 Å². The number of carboxylic acid groups (broad SMARTS) is 1. The third-order valence-corrected chi connectivity index (χ3v) is 1.46. The molecule has 1 aromatic heterocycles. The van der Waals surface area contributed by atoms with Gasteiger partial charge in [0.05, 0.1) is 12.2 Å². The van der Waals surface area contributed by atoms with Crippen LogP contribution >= 0.6 is 0 Å². The first kappa shape index (κ1) is 12.0. The zero-order valence-electron chi connectivity index (χ0n) is 8.52. The van der Waals surface area contributed by atoms with Gasteiger partial charge in [-0.3, -0.25) is 4.84 Å². The summed E-state index contributed by atoms with van der Waals surface area (Å²) in [6, 6.07) is 1.01. The molecule has 0 aliphatic rings. The maximum Gasteiger partial charge on any atom is 0.339 e. The Morgan fingerprint density at radius 3 is 2.94 bits per heavy atom. The molecular weight excluding hydrogens is 218 g/mol. The predicted octanol–water partition coefficient (Wildman–Crippen LogP) is -0.202. The minimum absolute atomic E-state index is 0.142. The number of carbonyl (C=O) groups is 2. The molecule has 88 valence electrons. The smallest absolute Gasteiger partial charge is 0.339 e. The zero-order valence-corrected chi connectivity index (χ0v) is 8.52. The summed E-state index contributed by atoms with van der Waals surface area (Å²) in [5.74, 6) is -0.683. The van der Waals surface area contributed by atoms with E-state index in [2.05, 4.69) is 15.3 Å². The van der Waals surface area contributed by atoms with Crippen LogP contribution in [0.3, 0.4) is 0 Å². The van der Waals surface area contributed by atoms with E-state index in [-0.39, 0.29) is 6.54 Å². The van der Waals surface area contributed by atoms with Crippen LogP contribution in [0.25, 0.3) is 0 Å². The Morgan fingerprint density at radius 2 is 2.38 bits per heavy atom. The number of hydrogen-bond donors (Lipinski definition) is 3. The fraction of sp³-hybridized carbons (Fsp3) is 0.375. The van der Waals surface area contributed by atoms with Gasteiger partial charge in [0, 0.05) is 6.07 Å². The first-order valence-electron chi connectivity index (χ1n) is 4.37. The molecule has 3 N–H and O–H groups in total. The molecule has 8 nitrogen and oxygen atoms in total. The summed E-state index contributed by atoms with van der Waals surface area (Å²) in [6.07, 6.45) is 0. The van der Waals surface area contributed by atoms with Gasteiger partial charge in [-0.15, -0.1) is 0 Å². The molecule has 0 bridgehead atoms. The Bertz CT molecular complexity index is 376. The Morgan fingerprint density at radius 1 is 1.62 bits per heavy atom. The van der Waals surface area contributed by atoms with Gasteiger partial charge in [-0.1, -0.05) is 5.16 Å². The Hall–Kier alpha value is -2.09. The van der Waals surface area contributed by atoms with Crippen molar-refractivity contribution >= 4 is 12.0 Å². The SMILES string of the molecule is Cc1cc(CNC(=O)NOCC(=O)O)on1. The van der Waals surface area contributed by atoms with Gasteiger partial charge in [-0.2, -0.15) is 0 Å². The number of nitrogens with zero attached hydrogens (tertiary/aromatic N) is 1. The fourth-order valence-electron chi connectivity index (χ4n) is 0.866. The van der Waals surface area contributed by atoms with E-state index in [1.54, 1.807) is 13.0 Å². The van der Waals surface area contributed by atoms with E-state index in [0.717, 1.165) is 0 Å². The van der Waals surface area contributed by atoms with Crippen molar-refractivity contribution in [1.82, 2.24) is 16.0 Å². The lowest BCUT2D eigenvalue weighted by atomic mass is 10.4. The maximum atomic E-state index is 11.0. The molecule has 8 heteroatoms. The largest absolute Gasteiger partial charge is 0.479 e. The topological polar surface area (TPSA) is 114 Å². The molecule has 0 radical (unpaired) electrons. The molecule has 1 heterocycles. The van der Waals surface area contributed by atoms with Gasteiger partial charge in [0.25, 0.3) is 0 Å². The number of hydrogen-bond acceptors (Lipinski definition) is 5. The predicted molar refractivity (Wildman–Crippen MR) is 50.2 cm³/mol. The average Bonchev–Trinajstić information content (AvgIpc) is 2.61. The maximum absolute atomic E-state index is 11.0. The van der Waals surface area contributed by atoms with E-state index in [1.807, 2.05) is 5.48 Å². The van der Waals surface area contributed by atoms with Crippen LogP contribution in [0.5, 0.6) is 0 Å². The van der Waals surface area contributed by atoms with E-state index >= 15 is 0 Å². The Balaban J connectivity index is 2.17. The van der Waals surface area contributed by atoms with Crippen LogP contribution in [0.4, 0.5) is 4.79 Å². The summed E-state index contributed by atoms with van der Waals surface area (Å²) in [4.78, 5) is 25.4. The zero-order chi connectivity index (χ0) is 12.0. The van der Waals surface area contributed by atoms with Gasteiger partial charge in [0.1, 0.15) is 0 Å². The number of urea groups is 1. The lowest BCUT2D eigenvalue weighted by molar-refractivity contribution is -0.144. The van der Waals surface area contributed by atoms with Crippen molar-refractivity contribution in [2.75, 3.05) is 6.61 Å². The van der Waals surface area contributed by atoms with Crippen LogP contribution in [0.1, 0.15) is 11.5 Å². The highest BCUT2D eigenvalue weighted by Gasteiger charge is 2.05. The molecule has 0 atom stereocenters. The summed E-state index contributed by atoms with van der Waals surface area (Å²) < 4.78 is 4.83. The summed E-state index contributed by atoms with van der Waals surface area (Å²) in [7, 11) is 0. The van der Waals surface area contributed by atoms with E-state index < -0.39 is 18.6 Å². The van der Waals surface area contributed by atoms with Crippen molar-refractivity contribution in [2.24, 2.45) is 0 Å². The van der Waals surface area contributed by atoms with Gasteiger partial charge < -0.3 is 14.9 Å². The molecule has 2 amide bonds. The second kappa shape index (κ2) is 5.71. The summed E-state index contributed by atoms with van der Waals surface area (Å²) in [5, 5.41) is 14.2. The van der Waals surface area contributed by atoms with Gasteiger partial charge in [0.2, 0.25) is 0 Å². The van der Waals surface area contributed by atoms with Crippen LogP contribution < -0.4 is 10.8 Å². The molecule has 0 spiro atoms. The molecule has 0 saturated carbocycles. The molecule has 16 heavy (non-hydrogen) atoms. The van der Waals surface area contributed by atoms with Gasteiger partial charge in [0.15, 0.2) is 12.4 Å². The Kier molecular flexibility index (Phi) is 4.28. The van der Waals surface area contributed by atoms with Crippen molar-refractivity contribution in [3.8, 4) is 0 Å². The lowest BCUT2D eigenvalue weighted by Crippen LogP contribution is -2.36. The standard InChI is InChI=1S/C8H11N3O5/c1-5-2-6(16-10-5)3-9-8(14)11-15-4-7(12)13/h2H,3-4H2,1H3,(H,12,13)(H2,9,11,14). The normalized spacial score (nSPS) is 9.81. The minimum atomic E-state index is -1.17. The van der Waals surface area contributed by atoms with Crippen molar-refractivity contribution in [3.63, 3.8) is 0 Å². The third kappa shape index (κ3) is 4.42. The van der Waals surface area contributed by atoms with E-state index in [1.165, 1.54) is 0 Å². The summed E-state index contributed by atoms with van der Waals surface area (Å²) >= 11 is 0. The lowest BCUT2D eigenvalue weighted by Gasteiger charge is -2.04. The molecule has 0 aliphatic carbocycles. The Labute approximate surface area is 90.5 Å². The molecule has 1 aromatic rings. The number of aromatic nitrogens is 1. The molecule has 1 rings (SSSR count). The van der Waals surface area contributed by atoms with Crippen molar-refractivity contribution in [1.29, 1.82) is 0 Å². The van der Waals surface area contributed by atoms with E-state index in [4.69, 9.17) is 9.63 Å². The first-order chi connectivity index (χ1) is 7.58. The quantitative estimate of drug-likeness (QED) is 0.602. The summed E-state index contributed by atoms with van der Waals surface area (Å²) in [6.45, 7) is 1.29. The number of aryl methyl sites for hydroxylation is 1. The first-order valence-corrected chi connectivity index (χ1v) is 4.37. The van der Waals surface area contributed by atoms with Crippen LogP contribution in [-0.4, -0.2) is 28.9 Å². The second-order valence-electron chi connectivity index (χ2n) is 2.90. The molecule has 0 saturated heterocycles. The van der Waals surface area contributed by atoms with Crippen molar-refractivity contribution in [2.45, 2.75) is 13.5 Å². The molecule has 0 aromatic carbocycles. The van der Waals surface area contributed by atoms with Crippen molar-refractivity contribution < 1.29 is 24.1 Å². The van der Waals surface area contributed by atoms with Crippen LogP contribution in [0.2, 0.25) is 0 Å². The van der Waals surface area contributed by atoms with E-state index in [9.17, 15) is 9.59 Å². The number of hydroxylamine groups is 1. The highest BCUT2D eigenvalue weighted by Crippen LogP contribution is 2.00. The number of carbonyl (C=O) groups excluding carboxylic acids is 1. The monoisotopic (exact) mass is 229 g/mol. The number of carboxylic acids is 1. The van der Waals surface area contributed by atoms with Crippen LogP contribution in [-0.2, 0) is 16.2 Å². The van der Waals surface area contributed by atoms with Crippen LogP contribution in [0, 0.1) is 6.92 Å². The average molecular weight is 229 g/mol. The van der Waals surface area contributed by atoms with Crippen molar-refractivity contribution in [3.05, 3.63) is 17.5 Å². The van der Waals surface area contributed by atoms with Gasteiger partial charge >= 0.3 is 12.0 Å². The van der Waals surface area contributed by atoms with Gasteiger partial charge in [-0.05, 0) is 6.92 Å². The molecule has 0 unspecified atom stereocenters. The number of rotatable bonds is 5. The molecule has 0 fully saturated rings. The van der Waals surface area contributed by atoms with E-state index in [0.29, 0.717) is 11.5 Å². The molecular formula is C8H11N3O5. The molecule has 0 aliphatic heterocycles. The summed E-state index contributed by atoms with van der Waals surface area (Å²) in [5.41, 5.74) is 2.61. The highest BCUT2D eigenvalue weighted by atomic mass is 16.7. The number of nitrogens with one attached hydrogen (secondary N) is 2. The third-order valence-electron chi connectivity index (χ3n) is 1.46. The number of amides is 2. The van der Waals surface area contributed by atoms with Crippen LogP contribution in [0.15, 0.2) is 10.6 Å². The fourth-order valence-corrected chi connectivity index (χ4v) is 0.866. The second-order valence-corrected chi connectivity index (χ2v) is 2.90. The minimum Gasteiger partial charge on any atom is -0.479 e. The number of aliphatic carboxylic acids is 1.